The fourth-order valence-corrected chi connectivity index (χ4v) is 6.15. The molecule has 6 rings (SSSR count). The second-order valence-corrected chi connectivity index (χ2v) is 7.50. The standard InChI is InChI=1S/C18H21NO3/c1-2-22-16(21)19-10-17-5-6-18(17)13-8-12(20)4-3-11(13)7-15(19)14(18)9-17/h3-4,8,14-15,20H,2,5-7,9-10H2,1H3/t14-,15+,17?,18-/m1/s1. The quantitative estimate of drug-likeness (QED) is 0.867. The van der Waals surface area contributed by atoms with Crippen molar-refractivity contribution in [2.24, 2.45) is 11.3 Å². The Morgan fingerprint density at radius 1 is 1.45 bits per heavy atom. The number of rotatable bonds is 1. The van der Waals surface area contributed by atoms with E-state index >= 15 is 0 Å². The molecule has 5 aliphatic rings. The number of phenols is 1. The Balaban J connectivity index is 1.62. The van der Waals surface area contributed by atoms with Gasteiger partial charge in [0.1, 0.15) is 5.75 Å². The molecule has 1 amide bonds. The Morgan fingerprint density at radius 3 is 3.05 bits per heavy atom. The lowest BCUT2D eigenvalue weighted by Crippen LogP contribution is -2.82. The van der Waals surface area contributed by atoms with Crippen LogP contribution in [0.4, 0.5) is 4.79 Å². The summed E-state index contributed by atoms with van der Waals surface area (Å²) in [6.07, 6.45) is 4.40. The lowest BCUT2D eigenvalue weighted by molar-refractivity contribution is -0.248. The first kappa shape index (κ1) is 12.8. The first-order valence-electron chi connectivity index (χ1n) is 8.37. The van der Waals surface area contributed by atoms with Gasteiger partial charge in [-0.1, -0.05) is 6.07 Å². The molecule has 1 unspecified atom stereocenters. The number of carbonyl (C=O) groups is 1. The number of hydrogen-bond donors (Lipinski definition) is 1. The molecule has 22 heavy (non-hydrogen) atoms. The van der Waals surface area contributed by atoms with Gasteiger partial charge in [-0.05, 0) is 67.2 Å². The van der Waals surface area contributed by atoms with Gasteiger partial charge in [0.15, 0.2) is 0 Å². The molecule has 4 atom stereocenters. The van der Waals surface area contributed by atoms with Crippen molar-refractivity contribution < 1.29 is 14.6 Å². The smallest absolute Gasteiger partial charge is 0.410 e. The fraction of sp³-hybridized carbons (Fsp3) is 0.611. The highest BCUT2D eigenvalue weighted by Gasteiger charge is 2.78. The predicted molar refractivity (Wildman–Crippen MR) is 80.8 cm³/mol. The zero-order chi connectivity index (χ0) is 15.1. The zero-order valence-electron chi connectivity index (χ0n) is 12.8. The van der Waals surface area contributed by atoms with Gasteiger partial charge in [0, 0.05) is 18.0 Å². The van der Waals surface area contributed by atoms with Gasteiger partial charge in [-0.25, -0.2) is 4.79 Å². The molecule has 2 saturated carbocycles. The second kappa shape index (κ2) is 3.79. The minimum atomic E-state index is -0.140. The van der Waals surface area contributed by atoms with E-state index in [-0.39, 0.29) is 23.0 Å². The van der Waals surface area contributed by atoms with Gasteiger partial charge in [0.2, 0.25) is 0 Å². The lowest BCUT2D eigenvalue weighted by atomic mass is 9.27. The van der Waals surface area contributed by atoms with Crippen molar-refractivity contribution in [3.8, 4) is 5.75 Å². The van der Waals surface area contributed by atoms with E-state index in [1.807, 2.05) is 17.9 Å². The Labute approximate surface area is 130 Å². The largest absolute Gasteiger partial charge is 0.508 e. The number of ether oxygens (including phenoxy) is 1. The Morgan fingerprint density at radius 2 is 2.32 bits per heavy atom. The van der Waals surface area contributed by atoms with Crippen LogP contribution in [0.2, 0.25) is 0 Å². The van der Waals surface area contributed by atoms with E-state index in [0.29, 0.717) is 18.3 Å². The minimum Gasteiger partial charge on any atom is -0.508 e. The van der Waals surface area contributed by atoms with Crippen molar-refractivity contribution >= 4 is 6.09 Å². The van der Waals surface area contributed by atoms with Gasteiger partial charge in [-0.2, -0.15) is 0 Å². The molecule has 2 saturated heterocycles. The maximum absolute atomic E-state index is 12.4. The molecular formula is C18H21NO3. The first-order valence-corrected chi connectivity index (χ1v) is 8.37. The maximum atomic E-state index is 12.4. The highest BCUT2D eigenvalue weighted by Crippen LogP contribution is 2.79. The number of fused-ring (bicyclic) bond motifs is 2. The number of hydrogen-bond acceptors (Lipinski definition) is 3. The summed E-state index contributed by atoms with van der Waals surface area (Å²) in [5.74, 6) is 0.926. The molecule has 4 heteroatoms. The summed E-state index contributed by atoms with van der Waals surface area (Å²) in [5.41, 5.74) is 3.16. The van der Waals surface area contributed by atoms with Crippen LogP contribution in [0.15, 0.2) is 18.2 Å². The van der Waals surface area contributed by atoms with Gasteiger partial charge in [0.25, 0.3) is 0 Å². The van der Waals surface area contributed by atoms with Gasteiger partial charge in [0.05, 0.1) is 6.61 Å². The van der Waals surface area contributed by atoms with Gasteiger partial charge in [-0.3, -0.25) is 0 Å². The van der Waals surface area contributed by atoms with E-state index in [2.05, 4.69) is 6.07 Å². The molecule has 1 N–H and O–H groups in total. The molecular weight excluding hydrogens is 278 g/mol. The third-order valence-corrected chi connectivity index (χ3v) is 7.03. The Hall–Kier alpha value is -1.71. The summed E-state index contributed by atoms with van der Waals surface area (Å²) in [4.78, 5) is 14.4. The minimum absolute atomic E-state index is 0.140. The highest BCUT2D eigenvalue weighted by atomic mass is 16.6. The van der Waals surface area contributed by atoms with Crippen molar-refractivity contribution in [3.63, 3.8) is 0 Å². The van der Waals surface area contributed by atoms with Crippen LogP contribution >= 0.6 is 0 Å². The molecule has 1 aromatic carbocycles. The third kappa shape index (κ3) is 1.17. The molecule has 0 radical (unpaired) electrons. The van der Waals surface area contributed by atoms with Crippen molar-refractivity contribution in [2.45, 2.75) is 44.1 Å². The highest BCUT2D eigenvalue weighted by molar-refractivity contribution is 5.70. The van der Waals surface area contributed by atoms with E-state index in [9.17, 15) is 9.90 Å². The van der Waals surface area contributed by atoms with Crippen LogP contribution in [0.5, 0.6) is 5.75 Å². The van der Waals surface area contributed by atoms with E-state index in [1.54, 1.807) is 6.07 Å². The van der Waals surface area contributed by atoms with Gasteiger partial charge < -0.3 is 14.7 Å². The van der Waals surface area contributed by atoms with Crippen LogP contribution in [0.1, 0.15) is 37.3 Å². The molecule has 4 fully saturated rings. The van der Waals surface area contributed by atoms with E-state index in [0.717, 1.165) is 13.0 Å². The van der Waals surface area contributed by atoms with Crippen LogP contribution in [0.25, 0.3) is 0 Å². The Kier molecular flexibility index (Phi) is 2.20. The topological polar surface area (TPSA) is 49.8 Å². The molecule has 4 nitrogen and oxygen atoms in total. The van der Waals surface area contributed by atoms with Crippen LogP contribution in [0, 0.1) is 11.3 Å². The van der Waals surface area contributed by atoms with Crippen LogP contribution in [0.3, 0.4) is 0 Å². The SMILES string of the molecule is CCOC(=O)N1CC23CC[C@]24c2cc(O)ccc2C[C@H]1[C@H]4C3. The number of amides is 1. The first-order chi connectivity index (χ1) is 10.6. The normalized spacial score (nSPS) is 40.0. The molecule has 0 aromatic heterocycles. The average Bonchev–Trinajstić information content (AvgIpc) is 2.50. The summed E-state index contributed by atoms with van der Waals surface area (Å²) in [6.45, 7) is 3.14. The monoisotopic (exact) mass is 299 g/mol. The lowest BCUT2D eigenvalue weighted by Gasteiger charge is -2.80. The van der Waals surface area contributed by atoms with Crippen molar-refractivity contribution in [3.05, 3.63) is 29.3 Å². The molecule has 116 valence electrons. The summed E-state index contributed by atoms with van der Waals surface area (Å²) < 4.78 is 5.30. The summed E-state index contributed by atoms with van der Waals surface area (Å²) in [6, 6.07) is 6.10. The number of benzene rings is 1. The molecule has 2 spiro atoms. The maximum Gasteiger partial charge on any atom is 0.410 e. The van der Waals surface area contributed by atoms with Gasteiger partial charge >= 0.3 is 6.09 Å². The number of phenolic OH excluding ortho intramolecular Hbond substituents is 1. The van der Waals surface area contributed by atoms with Crippen LogP contribution < -0.4 is 0 Å². The Bertz CT molecular complexity index is 687. The number of carbonyl (C=O) groups excluding carboxylic acids is 1. The van der Waals surface area contributed by atoms with Gasteiger partial charge in [-0.15, -0.1) is 0 Å². The summed E-state index contributed by atoms with van der Waals surface area (Å²) in [7, 11) is 0. The molecule has 2 aliphatic heterocycles. The van der Waals surface area contributed by atoms with Crippen molar-refractivity contribution in [2.75, 3.05) is 13.2 Å². The zero-order valence-corrected chi connectivity index (χ0v) is 12.8. The molecule has 3 aliphatic carbocycles. The van der Waals surface area contributed by atoms with E-state index < -0.39 is 0 Å². The molecule has 4 bridgehead atoms. The number of piperidine rings is 2. The fourth-order valence-electron chi connectivity index (χ4n) is 6.15. The summed E-state index contributed by atoms with van der Waals surface area (Å²) in [5, 5.41) is 9.93. The average molecular weight is 299 g/mol. The van der Waals surface area contributed by atoms with E-state index in [4.69, 9.17) is 4.74 Å². The predicted octanol–water partition coefficient (Wildman–Crippen LogP) is 2.83. The van der Waals surface area contributed by atoms with Crippen LogP contribution in [-0.2, 0) is 16.6 Å². The number of nitrogens with zero attached hydrogens (tertiary/aromatic N) is 1. The second-order valence-electron chi connectivity index (χ2n) is 7.50. The molecule has 2 heterocycles. The van der Waals surface area contributed by atoms with E-state index in [1.165, 1.54) is 30.4 Å². The summed E-state index contributed by atoms with van der Waals surface area (Å²) >= 11 is 0. The van der Waals surface area contributed by atoms with Crippen molar-refractivity contribution in [1.82, 2.24) is 4.90 Å². The third-order valence-electron chi connectivity index (χ3n) is 7.03. The van der Waals surface area contributed by atoms with Crippen molar-refractivity contribution in [1.29, 1.82) is 0 Å². The van der Waals surface area contributed by atoms with Crippen LogP contribution in [-0.4, -0.2) is 35.3 Å². The molecule has 1 aromatic rings. The number of aromatic hydroxyl groups is 1.